The molecule has 0 aliphatic rings. The van der Waals surface area contributed by atoms with E-state index in [-0.39, 0.29) is 6.54 Å². The average molecular weight is 347 g/mol. The van der Waals surface area contributed by atoms with Crippen molar-refractivity contribution in [3.8, 4) is 5.75 Å². The van der Waals surface area contributed by atoms with Crippen molar-refractivity contribution in [1.82, 2.24) is 4.72 Å². The van der Waals surface area contributed by atoms with E-state index >= 15 is 0 Å². The van der Waals surface area contributed by atoms with Crippen LogP contribution in [0.3, 0.4) is 0 Å². The molecular weight excluding hydrogens is 322 g/mol. The van der Waals surface area contributed by atoms with E-state index in [0.717, 1.165) is 18.4 Å². The highest BCUT2D eigenvalue weighted by Gasteiger charge is 2.13. The summed E-state index contributed by atoms with van der Waals surface area (Å²) in [6, 6.07) is 14.5. The molecule has 0 amide bonds. The Labute approximate surface area is 144 Å². The van der Waals surface area contributed by atoms with Gasteiger partial charge in [0.1, 0.15) is 5.75 Å². The Balaban J connectivity index is 1.99. The summed E-state index contributed by atoms with van der Waals surface area (Å²) in [6.07, 6.45) is 4.50. The van der Waals surface area contributed by atoms with Gasteiger partial charge in [0.2, 0.25) is 10.0 Å². The molecule has 2 aromatic rings. The summed E-state index contributed by atoms with van der Waals surface area (Å²) in [6.45, 7) is 2.40. The topological polar surface area (TPSA) is 55.4 Å². The van der Waals surface area contributed by atoms with E-state index in [1.165, 1.54) is 18.4 Å². The second kappa shape index (κ2) is 8.85. The fraction of sp³-hybridized carbons (Fsp3) is 0.368. The smallest absolute Gasteiger partial charge is 0.240 e. The molecule has 24 heavy (non-hydrogen) atoms. The lowest BCUT2D eigenvalue weighted by atomic mass is 10.1. The molecule has 0 atom stereocenters. The number of methoxy groups -OCH3 is 1. The molecule has 0 aliphatic carbocycles. The second-order valence-corrected chi connectivity index (χ2v) is 7.54. The molecule has 0 bridgehead atoms. The zero-order valence-electron chi connectivity index (χ0n) is 14.3. The monoisotopic (exact) mass is 347 g/mol. The Morgan fingerprint density at radius 3 is 2.42 bits per heavy atom. The maximum absolute atomic E-state index is 12.4. The van der Waals surface area contributed by atoms with E-state index in [2.05, 4.69) is 11.6 Å². The van der Waals surface area contributed by atoms with Gasteiger partial charge < -0.3 is 4.74 Å². The van der Waals surface area contributed by atoms with Gasteiger partial charge in [0.15, 0.2) is 0 Å². The van der Waals surface area contributed by atoms with Crippen LogP contribution < -0.4 is 9.46 Å². The van der Waals surface area contributed by atoms with Crippen LogP contribution in [0.5, 0.6) is 5.75 Å². The lowest BCUT2D eigenvalue weighted by Crippen LogP contribution is -2.23. The van der Waals surface area contributed by atoms with E-state index in [9.17, 15) is 8.42 Å². The fourth-order valence-electron chi connectivity index (χ4n) is 2.46. The van der Waals surface area contributed by atoms with E-state index < -0.39 is 10.0 Å². The molecule has 130 valence electrons. The first kappa shape index (κ1) is 18.5. The molecule has 0 fully saturated rings. The van der Waals surface area contributed by atoms with Crippen molar-refractivity contribution < 1.29 is 13.2 Å². The molecule has 5 heteroatoms. The lowest BCUT2D eigenvalue weighted by Gasteiger charge is -2.09. The quantitative estimate of drug-likeness (QED) is 0.700. The van der Waals surface area contributed by atoms with Gasteiger partial charge in [-0.25, -0.2) is 13.1 Å². The molecule has 0 radical (unpaired) electrons. The Hall–Kier alpha value is -1.85. The third kappa shape index (κ3) is 5.35. The SMILES string of the molecule is CCCCCc1ccc(S(=O)(=O)NCc2cccc(OC)c2)cc1. The van der Waals surface area contributed by atoms with Crippen molar-refractivity contribution in [2.24, 2.45) is 0 Å². The maximum Gasteiger partial charge on any atom is 0.240 e. The number of ether oxygens (including phenoxy) is 1. The Morgan fingerprint density at radius 1 is 1.00 bits per heavy atom. The summed E-state index contributed by atoms with van der Waals surface area (Å²) >= 11 is 0. The summed E-state index contributed by atoms with van der Waals surface area (Å²) in [4.78, 5) is 0.296. The van der Waals surface area contributed by atoms with E-state index in [1.807, 2.05) is 36.4 Å². The fourth-order valence-corrected chi connectivity index (χ4v) is 3.48. The van der Waals surface area contributed by atoms with Crippen LogP contribution in [0.25, 0.3) is 0 Å². The van der Waals surface area contributed by atoms with Gasteiger partial charge in [-0.15, -0.1) is 0 Å². The summed E-state index contributed by atoms with van der Waals surface area (Å²) in [5.41, 5.74) is 2.03. The highest BCUT2D eigenvalue weighted by atomic mass is 32.2. The van der Waals surface area contributed by atoms with Gasteiger partial charge >= 0.3 is 0 Å². The van der Waals surface area contributed by atoms with Crippen molar-refractivity contribution in [2.75, 3.05) is 7.11 Å². The minimum absolute atomic E-state index is 0.234. The number of sulfonamides is 1. The van der Waals surface area contributed by atoms with E-state index in [4.69, 9.17) is 4.74 Å². The molecular formula is C19H25NO3S. The van der Waals surface area contributed by atoms with Gasteiger partial charge in [0.25, 0.3) is 0 Å². The summed E-state index contributed by atoms with van der Waals surface area (Å²) in [5, 5.41) is 0. The molecule has 0 spiro atoms. The first-order valence-corrected chi connectivity index (χ1v) is 9.75. The Morgan fingerprint density at radius 2 is 1.75 bits per heavy atom. The summed E-state index contributed by atoms with van der Waals surface area (Å²) in [7, 11) is -1.92. The highest BCUT2D eigenvalue weighted by molar-refractivity contribution is 7.89. The predicted molar refractivity (Wildman–Crippen MR) is 96.7 cm³/mol. The maximum atomic E-state index is 12.4. The largest absolute Gasteiger partial charge is 0.497 e. The van der Waals surface area contributed by atoms with Crippen LogP contribution in [0, 0.1) is 0 Å². The van der Waals surface area contributed by atoms with Crippen LogP contribution in [-0.4, -0.2) is 15.5 Å². The van der Waals surface area contributed by atoms with Gasteiger partial charge in [0.05, 0.1) is 12.0 Å². The number of benzene rings is 2. The molecule has 1 N–H and O–H groups in total. The molecule has 0 saturated heterocycles. The second-order valence-electron chi connectivity index (χ2n) is 5.78. The lowest BCUT2D eigenvalue weighted by molar-refractivity contribution is 0.414. The van der Waals surface area contributed by atoms with Crippen molar-refractivity contribution in [3.05, 3.63) is 59.7 Å². The highest BCUT2D eigenvalue weighted by Crippen LogP contribution is 2.15. The van der Waals surface area contributed by atoms with Gasteiger partial charge in [-0.05, 0) is 48.2 Å². The van der Waals surface area contributed by atoms with Gasteiger partial charge in [-0.3, -0.25) is 0 Å². The van der Waals surface area contributed by atoms with Crippen LogP contribution in [0.1, 0.15) is 37.3 Å². The first-order valence-electron chi connectivity index (χ1n) is 8.26. The van der Waals surface area contributed by atoms with Crippen molar-refractivity contribution in [1.29, 1.82) is 0 Å². The van der Waals surface area contributed by atoms with E-state index in [1.54, 1.807) is 19.2 Å². The number of nitrogens with one attached hydrogen (secondary N) is 1. The molecule has 2 aromatic carbocycles. The van der Waals surface area contributed by atoms with Crippen molar-refractivity contribution in [2.45, 2.75) is 44.0 Å². The third-order valence-corrected chi connectivity index (χ3v) is 5.32. The summed E-state index contributed by atoms with van der Waals surface area (Å²) in [5.74, 6) is 0.711. The number of unbranched alkanes of at least 4 members (excludes halogenated alkanes) is 2. The van der Waals surface area contributed by atoms with Crippen LogP contribution in [0.15, 0.2) is 53.4 Å². The number of aryl methyl sites for hydroxylation is 1. The Kier molecular flexibility index (Phi) is 6.82. The average Bonchev–Trinajstić information content (AvgIpc) is 2.61. The van der Waals surface area contributed by atoms with Crippen LogP contribution in [-0.2, 0) is 23.0 Å². The van der Waals surface area contributed by atoms with Gasteiger partial charge in [-0.2, -0.15) is 0 Å². The normalized spacial score (nSPS) is 11.4. The number of hydrogen-bond acceptors (Lipinski definition) is 3. The number of rotatable bonds is 9. The molecule has 0 heterocycles. The van der Waals surface area contributed by atoms with Crippen LogP contribution >= 0.6 is 0 Å². The molecule has 0 aromatic heterocycles. The van der Waals surface area contributed by atoms with Gasteiger partial charge in [0, 0.05) is 6.54 Å². The summed E-state index contributed by atoms with van der Waals surface area (Å²) < 4.78 is 32.6. The van der Waals surface area contributed by atoms with Crippen molar-refractivity contribution in [3.63, 3.8) is 0 Å². The minimum atomic E-state index is -3.51. The zero-order chi connectivity index (χ0) is 17.4. The number of hydrogen-bond donors (Lipinski definition) is 1. The molecule has 2 rings (SSSR count). The Bertz CT molecular complexity index is 739. The van der Waals surface area contributed by atoms with Crippen molar-refractivity contribution >= 4 is 10.0 Å². The predicted octanol–water partition coefficient (Wildman–Crippen LogP) is 3.91. The molecule has 0 saturated carbocycles. The third-order valence-electron chi connectivity index (χ3n) is 3.90. The minimum Gasteiger partial charge on any atom is -0.497 e. The molecule has 0 aliphatic heterocycles. The zero-order valence-corrected chi connectivity index (χ0v) is 15.1. The molecule has 0 unspecified atom stereocenters. The molecule has 4 nitrogen and oxygen atoms in total. The standard InChI is InChI=1S/C19H25NO3S/c1-3-4-5-7-16-10-12-19(13-11-16)24(21,22)20-15-17-8-6-9-18(14-17)23-2/h6,8-14,20H,3-5,7,15H2,1-2H3. The van der Waals surface area contributed by atoms with Crippen LogP contribution in [0.4, 0.5) is 0 Å². The van der Waals surface area contributed by atoms with E-state index in [0.29, 0.717) is 10.6 Å². The van der Waals surface area contributed by atoms with Crippen LogP contribution in [0.2, 0.25) is 0 Å². The first-order chi connectivity index (χ1) is 11.5. The van der Waals surface area contributed by atoms with Gasteiger partial charge in [-0.1, -0.05) is 44.0 Å².